The van der Waals surface area contributed by atoms with Gasteiger partial charge in [-0.3, -0.25) is 4.79 Å². The number of carbonyl (C=O) groups is 1. The summed E-state index contributed by atoms with van der Waals surface area (Å²) in [7, 11) is 1.61. The minimum absolute atomic E-state index is 0.00734. The molecule has 0 spiro atoms. The molecule has 0 aliphatic rings. The summed E-state index contributed by atoms with van der Waals surface area (Å²) in [5.74, 6) is 1.27. The van der Waals surface area contributed by atoms with Gasteiger partial charge in [-0.15, -0.1) is 11.6 Å². The van der Waals surface area contributed by atoms with Crippen LogP contribution in [0.15, 0.2) is 18.2 Å². The topological polar surface area (TPSA) is 47.6 Å². The van der Waals surface area contributed by atoms with E-state index in [0.717, 1.165) is 17.7 Å². The zero-order valence-corrected chi connectivity index (χ0v) is 11.4. The second kappa shape index (κ2) is 7.82. The summed E-state index contributed by atoms with van der Waals surface area (Å²) in [5, 5.41) is 2.72. The minimum atomic E-state index is -0.158. The Kier molecular flexibility index (Phi) is 6.36. The van der Waals surface area contributed by atoms with Crippen molar-refractivity contribution in [3.63, 3.8) is 0 Å². The molecular weight excluding hydrogens is 254 g/mol. The maximum absolute atomic E-state index is 11.0. The minimum Gasteiger partial charge on any atom is -0.493 e. The van der Waals surface area contributed by atoms with E-state index < -0.39 is 0 Å². The molecule has 1 rings (SSSR count). The van der Waals surface area contributed by atoms with Crippen LogP contribution in [0.4, 0.5) is 0 Å². The van der Waals surface area contributed by atoms with E-state index in [1.165, 1.54) is 0 Å². The van der Waals surface area contributed by atoms with Crippen LogP contribution >= 0.6 is 11.6 Å². The number of hydrogen-bond donors (Lipinski definition) is 1. The van der Waals surface area contributed by atoms with Crippen molar-refractivity contribution in [3.8, 4) is 11.5 Å². The van der Waals surface area contributed by atoms with Crippen LogP contribution in [-0.4, -0.2) is 32.0 Å². The number of nitrogens with one attached hydrogen (secondary N) is 1. The number of methoxy groups -OCH3 is 1. The normalized spacial score (nSPS) is 9.94. The number of alkyl halides is 1. The first-order valence-electron chi connectivity index (χ1n) is 5.83. The smallest absolute Gasteiger partial charge is 0.234 e. The van der Waals surface area contributed by atoms with Gasteiger partial charge < -0.3 is 14.8 Å². The van der Waals surface area contributed by atoms with E-state index in [1.54, 1.807) is 7.11 Å². The maximum Gasteiger partial charge on any atom is 0.234 e. The summed E-state index contributed by atoms with van der Waals surface area (Å²) in [4.78, 5) is 11.0. The van der Waals surface area contributed by atoms with Gasteiger partial charge in [0, 0.05) is 6.54 Å². The van der Waals surface area contributed by atoms with Gasteiger partial charge in [0.15, 0.2) is 11.5 Å². The highest BCUT2D eigenvalue weighted by atomic mass is 35.5. The molecule has 4 nitrogen and oxygen atoms in total. The quantitative estimate of drug-likeness (QED) is 0.772. The van der Waals surface area contributed by atoms with Gasteiger partial charge in [-0.25, -0.2) is 0 Å². The highest BCUT2D eigenvalue weighted by molar-refractivity contribution is 6.27. The lowest BCUT2D eigenvalue weighted by Crippen LogP contribution is -2.26. The number of hydrogen-bond acceptors (Lipinski definition) is 3. The second-order valence-corrected chi connectivity index (χ2v) is 3.92. The van der Waals surface area contributed by atoms with Crippen LogP contribution in [0.2, 0.25) is 0 Å². The molecular formula is C13H18ClNO3. The molecule has 0 aromatic heterocycles. The Balaban J connectivity index is 2.59. The Morgan fingerprint density at radius 1 is 1.39 bits per heavy atom. The molecule has 0 bridgehead atoms. The van der Waals surface area contributed by atoms with E-state index in [1.807, 2.05) is 25.1 Å². The Morgan fingerprint density at radius 3 is 2.78 bits per heavy atom. The number of benzene rings is 1. The molecule has 0 heterocycles. The molecule has 1 N–H and O–H groups in total. The van der Waals surface area contributed by atoms with Crippen molar-refractivity contribution in [2.24, 2.45) is 0 Å². The number of ether oxygens (including phenoxy) is 2. The van der Waals surface area contributed by atoms with Crippen LogP contribution in [0.25, 0.3) is 0 Å². The van der Waals surface area contributed by atoms with Crippen molar-refractivity contribution in [2.75, 3.05) is 26.1 Å². The van der Waals surface area contributed by atoms with Gasteiger partial charge >= 0.3 is 0 Å². The molecule has 1 amide bonds. The van der Waals surface area contributed by atoms with Crippen molar-refractivity contribution in [1.29, 1.82) is 0 Å². The van der Waals surface area contributed by atoms with E-state index in [4.69, 9.17) is 21.1 Å². The molecule has 0 saturated heterocycles. The lowest BCUT2D eigenvalue weighted by Gasteiger charge is -2.11. The average molecular weight is 272 g/mol. The fourth-order valence-corrected chi connectivity index (χ4v) is 1.63. The molecule has 0 aliphatic heterocycles. The number of carbonyl (C=O) groups excluding carboxylic acids is 1. The Bertz CT molecular complexity index is 396. The van der Waals surface area contributed by atoms with Crippen molar-refractivity contribution in [1.82, 2.24) is 5.32 Å². The fourth-order valence-electron chi connectivity index (χ4n) is 1.54. The van der Waals surface area contributed by atoms with Crippen LogP contribution < -0.4 is 14.8 Å². The summed E-state index contributed by atoms with van der Waals surface area (Å²) in [5.41, 5.74) is 1.07. The molecule has 0 unspecified atom stereocenters. The summed E-state index contributed by atoms with van der Waals surface area (Å²) >= 11 is 5.39. The zero-order chi connectivity index (χ0) is 13.4. The van der Waals surface area contributed by atoms with E-state index in [2.05, 4.69) is 5.32 Å². The summed E-state index contributed by atoms with van der Waals surface area (Å²) in [6, 6.07) is 5.75. The lowest BCUT2D eigenvalue weighted by atomic mass is 10.1. The van der Waals surface area contributed by atoms with Gasteiger partial charge in [0.2, 0.25) is 5.91 Å². The van der Waals surface area contributed by atoms with E-state index in [9.17, 15) is 4.79 Å². The third kappa shape index (κ3) is 4.45. The number of rotatable bonds is 7. The van der Waals surface area contributed by atoms with Crippen molar-refractivity contribution in [2.45, 2.75) is 13.3 Å². The van der Waals surface area contributed by atoms with Crippen LogP contribution in [0.5, 0.6) is 11.5 Å². The van der Waals surface area contributed by atoms with Gasteiger partial charge in [-0.05, 0) is 31.0 Å². The molecule has 0 radical (unpaired) electrons. The third-order valence-electron chi connectivity index (χ3n) is 2.39. The summed E-state index contributed by atoms with van der Waals surface area (Å²) < 4.78 is 10.7. The van der Waals surface area contributed by atoms with Gasteiger partial charge in [-0.1, -0.05) is 6.07 Å². The molecule has 100 valence electrons. The van der Waals surface area contributed by atoms with E-state index in [0.29, 0.717) is 18.9 Å². The predicted octanol–water partition coefficient (Wildman–Crippen LogP) is 1.99. The maximum atomic E-state index is 11.0. The Hall–Kier alpha value is -1.42. The summed E-state index contributed by atoms with van der Waals surface area (Å²) in [6.07, 6.45) is 0.728. The summed E-state index contributed by atoms with van der Waals surface area (Å²) in [6.45, 7) is 3.08. The molecule has 5 heteroatoms. The molecule has 0 aliphatic carbocycles. The first-order chi connectivity index (χ1) is 8.71. The number of halogens is 1. The van der Waals surface area contributed by atoms with Crippen LogP contribution in [0.1, 0.15) is 12.5 Å². The highest BCUT2D eigenvalue weighted by Crippen LogP contribution is 2.28. The average Bonchev–Trinajstić information content (AvgIpc) is 2.40. The van der Waals surface area contributed by atoms with Crippen molar-refractivity contribution >= 4 is 17.5 Å². The van der Waals surface area contributed by atoms with Crippen LogP contribution in [-0.2, 0) is 11.2 Å². The van der Waals surface area contributed by atoms with E-state index >= 15 is 0 Å². The molecule has 0 fully saturated rings. The van der Waals surface area contributed by atoms with Gasteiger partial charge in [0.1, 0.15) is 5.88 Å². The molecule has 0 saturated carbocycles. The molecule has 1 aromatic rings. The predicted molar refractivity (Wildman–Crippen MR) is 71.6 cm³/mol. The molecule has 0 atom stereocenters. The standard InChI is InChI=1S/C13H18ClNO3/c1-3-18-11-5-4-10(8-12(11)17-2)6-7-15-13(16)9-14/h4-5,8H,3,6-7,9H2,1-2H3,(H,15,16). The molecule has 18 heavy (non-hydrogen) atoms. The first-order valence-corrected chi connectivity index (χ1v) is 6.37. The zero-order valence-electron chi connectivity index (χ0n) is 10.7. The molecule has 1 aromatic carbocycles. The van der Waals surface area contributed by atoms with Gasteiger partial charge in [0.25, 0.3) is 0 Å². The van der Waals surface area contributed by atoms with Crippen LogP contribution in [0.3, 0.4) is 0 Å². The van der Waals surface area contributed by atoms with Crippen LogP contribution in [0, 0.1) is 0 Å². The fraction of sp³-hybridized carbons (Fsp3) is 0.462. The lowest BCUT2D eigenvalue weighted by molar-refractivity contribution is -0.118. The Morgan fingerprint density at radius 2 is 2.17 bits per heavy atom. The largest absolute Gasteiger partial charge is 0.493 e. The van der Waals surface area contributed by atoms with Crippen molar-refractivity contribution in [3.05, 3.63) is 23.8 Å². The van der Waals surface area contributed by atoms with E-state index in [-0.39, 0.29) is 11.8 Å². The SMILES string of the molecule is CCOc1ccc(CCNC(=O)CCl)cc1OC. The highest BCUT2D eigenvalue weighted by Gasteiger charge is 2.05. The third-order valence-corrected chi connectivity index (χ3v) is 2.63. The second-order valence-electron chi connectivity index (χ2n) is 3.65. The Labute approximate surface area is 112 Å². The van der Waals surface area contributed by atoms with Gasteiger partial charge in [0.05, 0.1) is 13.7 Å². The van der Waals surface area contributed by atoms with Crippen molar-refractivity contribution < 1.29 is 14.3 Å². The number of amides is 1. The first kappa shape index (κ1) is 14.6. The van der Waals surface area contributed by atoms with Gasteiger partial charge in [-0.2, -0.15) is 0 Å². The monoisotopic (exact) mass is 271 g/mol.